The predicted octanol–water partition coefficient (Wildman–Crippen LogP) is 4.66. The second kappa shape index (κ2) is 12.5. The largest absolute Gasteiger partial charge is 0.480 e. The van der Waals surface area contributed by atoms with Gasteiger partial charge in [0.15, 0.2) is 0 Å². The van der Waals surface area contributed by atoms with Crippen molar-refractivity contribution in [1.29, 1.82) is 0 Å². The van der Waals surface area contributed by atoms with E-state index in [2.05, 4.69) is 40.9 Å². The van der Waals surface area contributed by atoms with Crippen LogP contribution < -0.4 is 16.0 Å². The third-order valence-electron chi connectivity index (χ3n) is 7.33. The van der Waals surface area contributed by atoms with Crippen LogP contribution in [0, 0.1) is 0 Å². The summed E-state index contributed by atoms with van der Waals surface area (Å²) in [5, 5.41) is 31.0. The van der Waals surface area contributed by atoms with Crippen molar-refractivity contribution in [2.45, 2.75) is 31.5 Å². The summed E-state index contributed by atoms with van der Waals surface area (Å²) < 4.78 is 0. The Balaban J connectivity index is 1.28. The highest BCUT2D eigenvalue weighted by atomic mass is 16.4. The van der Waals surface area contributed by atoms with Gasteiger partial charge < -0.3 is 36.1 Å². The smallest absolute Gasteiger partial charge is 0.326 e. The molecule has 0 fully saturated rings. The Hall–Kier alpha value is -5.91. The number of H-pyrrole nitrogens is 2. The topological polar surface area (TPSA) is 181 Å². The average molecular weight is 591 g/mol. The molecule has 12 heteroatoms. The maximum Gasteiger partial charge on any atom is 0.326 e. The van der Waals surface area contributed by atoms with Crippen molar-refractivity contribution in [3.63, 3.8) is 0 Å². The molecule has 0 aliphatic carbocycles. The minimum atomic E-state index is -1.09. The molecule has 44 heavy (non-hydrogen) atoms. The van der Waals surface area contributed by atoms with Gasteiger partial charge >= 0.3 is 11.9 Å². The molecule has 0 saturated heterocycles. The standard InChI is InChI=1S/C32H30N8O4/c41-28(42)26(14-20-17-33-24-12-6-4-10-22(20)24)36-31-38-30(35-16-19-8-2-1-3-9-19)39-32(40-31)37-27(29(43)44)15-21-18-34-25-13-7-5-11-23(21)25/h1-13,17-18,26-27,33-34H,14-16H2,(H,41,42)(H,43,44)(H3,35,36,37,38,39,40)/t26-,27-/m0/s1. The van der Waals surface area contributed by atoms with Crippen molar-refractivity contribution in [1.82, 2.24) is 24.9 Å². The lowest BCUT2D eigenvalue weighted by molar-refractivity contribution is -0.138. The molecule has 0 amide bonds. The Morgan fingerprint density at radius 3 is 1.59 bits per heavy atom. The van der Waals surface area contributed by atoms with E-state index >= 15 is 0 Å². The first-order chi connectivity index (χ1) is 21.4. The summed E-state index contributed by atoms with van der Waals surface area (Å²) in [7, 11) is 0. The Morgan fingerprint density at radius 2 is 1.09 bits per heavy atom. The van der Waals surface area contributed by atoms with E-state index in [-0.39, 0.29) is 30.7 Å². The number of hydrogen-bond donors (Lipinski definition) is 7. The molecule has 0 radical (unpaired) electrons. The van der Waals surface area contributed by atoms with Gasteiger partial charge in [0.2, 0.25) is 17.8 Å². The van der Waals surface area contributed by atoms with E-state index in [1.54, 1.807) is 12.4 Å². The SMILES string of the molecule is O=C(O)[C@H](Cc1c[nH]c2ccccc12)Nc1nc(NCc2ccccc2)nc(N[C@@H](Cc2c[nH]c3ccccc23)C(=O)O)n1. The zero-order chi connectivity index (χ0) is 30.5. The highest BCUT2D eigenvalue weighted by Crippen LogP contribution is 2.22. The Morgan fingerprint density at radius 1 is 0.636 bits per heavy atom. The number of carboxylic acids is 2. The summed E-state index contributed by atoms with van der Waals surface area (Å²) in [6.07, 6.45) is 3.88. The lowest BCUT2D eigenvalue weighted by Crippen LogP contribution is -2.34. The molecular weight excluding hydrogens is 560 g/mol. The summed E-state index contributed by atoms with van der Waals surface area (Å²) in [6, 6.07) is 22.8. The molecule has 0 spiro atoms. The van der Waals surface area contributed by atoms with Gasteiger partial charge in [0, 0.05) is 53.6 Å². The second-order valence-corrected chi connectivity index (χ2v) is 10.3. The lowest BCUT2D eigenvalue weighted by atomic mass is 10.1. The maximum absolute atomic E-state index is 12.3. The molecule has 7 N–H and O–H groups in total. The molecule has 0 aliphatic rings. The van der Waals surface area contributed by atoms with E-state index in [1.807, 2.05) is 78.9 Å². The summed E-state index contributed by atoms with van der Waals surface area (Å²) in [5.41, 5.74) is 4.42. The van der Waals surface area contributed by atoms with Crippen LogP contribution in [0.5, 0.6) is 0 Å². The van der Waals surface area contributed by atoms with Crippen LogP contribution in [0.1, 0.15) is 16.7 Å². The number of rotatable bonds is 13. The summed E-state index contributed by atoms with van der Waals surface area (Å²) in [6.45, 7) is 0.388. The van der Waals surface area contributed by atoms with E-state index in [4.69, 9.17) is 0 Å². The van der Waals surface area contributed by atoms with Crippen LogP contribution in [0.4, 0.5) is 17.8 Å². The van der Waals surface area contributed by atoms with Gasteiger partial charge in [-0.25, -0.2) is 9.59 Å². The Labute approximate surface area is 251 Å². The summed E-state index contributed by atoms with van der Waals surface area (Å²) in [5.74, 6) is -2.05. The zero-order valence-corrected chi connectivity index (χ0v) is 23.5. The van der Waals surface area contributed by atoms with Crippen LogP contribution >= 0.6 is 0 Å². The van der Waals surface area contributed by atoms with E-state index in [0.29, 0.717) is 6.54 Å². The van der Waals surface area contributed by atoms with Crippen molar-refractivity contribution < 1.29 is 19.8 Å². The molecule has 222 valence electrons. The number of nitrogens with zero attached hydrogens (tertiary/aromatic N) is 3. The lowest BCUT2D eigenvalue weighted by Gasteiger charge is -2.18. The van der Waals surface area contributed by atoms with Gasteiger partial charge in [-0.15, -0.1) is 0 Å². The number of aromatic nitrogens is 5. The van der Waals surface area contributed by atoms with Crippen LogP contribution in [-0.2, 0) is 29.0 Å². The van der Waals surface area contributed by atoms with Gasteiger partial charge in [-0.3, -0.25) is 0 Å². The van der Waals surface area contributed by atoms with Crippen molar-refractivity contribution in [2.24, 2.45) is 0 Å². The highest BCUT2D eigenvalue weighted by Gasteiger charge is 2.24. The summed E-state index contributed by atoms with van der Waals surface area (Å²) in [4.78, 5) is 44.3. The van der Waals surface area contributed by atoms with E-state index < -0.39 is 24.0 Å². The monoisotopic (exact) mass is 590 g/mol. The van der Waals surface area contributed by atoms with Crippen molar-refractivity contribution in [2.75, 3.05) is 16.0 Å². The summed E-state index contributed by atoms with van der Waals surface area (Å²) >= 11 is 0. The first-order valence-corrected chi connectivity index (χ1v) is 14.1. The molecule has 0 bridgehead atoms. The molecule has 0 unspecified atom stereocenters. The third-order valence-corrected chi connectivity index (χ3v) is 7.33. The molecule has 6 aromatic rings. The number of hydrogen-bond acceptors (Lipinski definition) is 8. The van der Waals surface area contributed by atoms with E-state index in [9.17, 15) is 19.8 Å². The number of aromatic amines is 2. The van der Waals surface area contributed by atoms with E-state index in [1.165, 1.54) is 0 Å². The third kappa shape index (κ3) is 6.44. The fourth-order valence-corrected chi connectivity index (χ4v) is 5.11. The van der Waals surface area contributed by atoms with Gasteiger partial charge in [-0.2, -0.15) is 15.0 Å². The number of anilines is 3. The van der Waals surface area contributed by atoms with Crippen LogP contribution in [-0.4, -0.2) is 59.2 Å². The number of fused-ring (bicyclic) bond motifs is 2. The molecule has 0 aliphatic heterocycles. The molecule has 6 rings (SSSR count). The molecule has 3 aromatic heterocycles. The van der Waals surface area contributed by atoms with Crippen molar-refractivity contribution >= 4 is 51.6 Å². The van der Waals surface area contributed by atoms with Crippen LogP contribution in [0.2, 0.25) is 0 Å². The first-order valence-electron chi connectivity index (χ1n) is 14.1. The Bertz CT molecular complexity index is 1810. The maximum atomic E-state index is 12.3. The zero-order valence-electron chi connectivity index (χ0n) is 23.5. The number of benzene rings is 3. The average Bonchev–Trinajstić information content (AvgIpc) is 3.64. The molecule has 3 aromatic carbocycles. The van der Waals surface area contributed by atoms with E-state index in [0.717, 1.165) is 38.5 Å². The Kier molecular flexibility index (Phi) is 8.04. The normalized spacial score (nSPS) is 12.5. The fourth-order valence-electron chi connectivity index (χ4n) is 5.11. The molecule has 12 nitrogen and oxygen atoms in total. The quantitative estimate of drug-likeness (QED) is 0.0999. The number of carbonyl (C=O) groups is 2. The van der Waals surface area contributed by atoms with Crippen LogP contribution in [0.15, 0.2) is 91.3 Å². The molecule has 3 heterocycles. The number of nitrogens with one attached hydrogen (secondary N) is 5. The van der Waals surface area contributed by atoms with Crippen molar-refractivity contribution in [3.05, 3.63) is 108 Å². The van der Waals surface area contributed by atoms with Crippen LogP contribution in [0.3, 0.4) is 0 Å². The number of carboxylic acid groups (broad SMARTS) is 2. The molecular formula is C32H30N8O4. The number of aliphatic carboxylic acids is 2. The van der Waals surface area contributed by atoms with Crippen molar-refractivity contribution in [3.8, 4) is 0 Å². The minimum absolute atomic E-state index is 0.0125. The van der Waals surface area contributed by atoms with Gasteiger partial charge in [-0.1, -0.05) is 66.7 Å². The predicted molar refractivity (Wildman–Crippen MR) is 168 cm³/mol. The molecule has 0 saturated carbocycles. The van der Waals surface area contributed by atoms with Gasteiger partial charge in [0.05, 0.1) is 0 Å². The fraction of sp³-hybridized carbons (Fsp3) is 0.156. The second-order valence-electron chi connectivity index (χ2n) is 10.3. The van der Waals surface area contributed by atoms with Gasteiger partial charge in [0.25, 0.3) is 0 Å². The minimum Gasteiger partial charge on any atom is -0.480 e. The highest BCUT2D eigenvalue weighted by molar-refractivity contribution is 5.86. The first kappa shape index (κ1) is 28.2. The van der Waals surface area contributed by atoms with Crippen LogP contribution in [0.25, 0.3) is 21.8 Å². The molecule has 2 atom stereocenters. The van der Waals surface area contributed by atoms with Gasteiger partial charge in [0.1, 0.15) is 12.1 Å². The van der Waals surface area contributed by atoms with Gasteiger partial charge in [-0.05, 0) is 28.8 Å². The number of para-hydroxylation sites is 2.